The Morgan fingerprint density at radius 3 is 2.82 bits per heavy atom. The van der Waals surface area contributed by atoms with Crippen molar-refractivity contribution in [1.29, 1.82) is 0 Å². The van der Waals surface area contributed by atoms with E-state index < -0.39 is 0 Å². The highest BCUT2D eigenvalue weighted by Crippen LogP contribution is 2.23. The first-order chi connectivity index (χ1) is 5.27. The second-order valence-corrected chi connectivity index (χ2v) is 3.99. The fraction of sp³-hybridized carbons (Fsp3) is 0.333. The van der Waals surface area contributed by atoms with E-state index in [0.29, 0.717) is 6.04 Å². The van der Waals surface area contributed by atoms with Crippen LogP contribution in [-0.2, 0) is 0 Å². The van der Waals surface area contributed by atoms with Crippen LogP contribution in [0.5, 0.6) is 0 Å². The van der Waals surface area contributed by atoms with Crippen LogP contribution in [0.1, 0.15) is 19.9 Å². The summed E-state index contributed by atoms with van der Waals surface area (Å²) in [6, 6.07) is 2.74. The third kappa shape index (κ3) is 1.07. The summed E-state index contributed by atoms with van der Waals surface area (Å²) < 4.78 is 3.64. The quantitative estimate of drug-likeness (QED) is 0.611. The first-order valence-corrected chi connectivity index (χ1v) is 4.70. The van der Waals surface area contributed by atoms with Gasteiger partial charge in [0.05, 0.1) is 4.70 Å². The number of hydrogen-bond acceptors (Lipinski definition) is 1. The van der Waals surface area contributed by atoms with Gasteiger partial charge in [0.1, 0.15) is 0 Å². The number of hydrogen-bond donors (Lipinski definition) is 0. The molecule has 2 heterocycles. The zero-order valence-corrected chi connectivity index (χ0v) is 7.56. The van der Waals surface area contributed by atoms with Gasteiger partial charge in [0.2, 0.25) is 0 Å². The molecule has 2 aromatic rings. The van der Waals surface area contributed by atoms with Gasteiger partial charge in [-0.3, -0.25) is 0 Å². The van der Waals surface area contributed by atoms with Gasteiger partial charge in [-0.1, -0.05) is 0 Å². The number of nitrogens with zero attached hydrogens (tertiary/aromatic N) is 1. The van der Waals surface area contributed by atoms with Crippen molar-refractivity contribution in [3.8, 4) is 0 Å². The summed E-state index contributed by atoms with van der Waals surface area (Å²) in [5.41, 5.74) is 0. The summed E-state index contributed by atoms with van der Waals surface area (Å²) in [7, 11) is 0. The molecule has 2 rings (SSSR count). The highest BCUT2D eigenvalue weighted by molar-refractivity contribution is 7.17. The van der Waals surface area contributed by atoms with Gasteiger partial charge in [-0.15, -0.1) is 11.3 Å². The van der Waals surface area contributed by atoms with Crippen LogP contribution in [0.25, 0.3) is 10.1 Å². The molecule has 0 aliphatic carbocycles. The van der Waals surface area contributed by atoms with Gasteiger partial charge in [-0.25, -0.2) is 0 Å². The molecule has 0 N–H and O–H groups in total. The van der Waals surface area contributed by atoms with Gasteiger partial charge in [0.25, 0.3) is 0 Å². The lowest BCUT2D eigenvalue weighted by Crippen LogP contribution is -1.94. The van der Waals surface area contributed by atoms with Crippen LogP contribution in [0.15, 0.2) is 23.8 Å². The largest absolute Gasteiger partial charge is 0.350 e. The molecule has 58 valence electrons. The molecule has 0 atom stereocenters. The molecular weight excluding hydrogens is 154 g/mol. The molecule has 0 saturated carbocycles. The first-order valence-electron chi connectivity index (χ1n) is 3.82. The Balaban J connectivity index is 2.58. The van der Waals surface area contributed by atoms with Crippen LogP contribution in [0, 0.1) is 0 Å². The van der Waals surface area contributed by atoms with Gasteiger partial charge < -0.3 is 4.57 Å². The van der Waals surface area contributed by atoms with Crippen molar-refractivity contribution in [2.24, 2.45) is 0 Å². The van der Waals surface area contributed by atoms with Crippen molar-refractivity contribution in [3.05, 3.63) is 23.8 Å². The van der Waals surface area contributed by atoms with Gasteiger partial charge >= 0.3 is 0 Å². The smallest absolute Gasteiger partial charge is 0.0519 e. The molecule has 0 radical (unpaired) electrons. The van der Waals surface area contributed by atoms with E-state index in [9.17, 15) is 0 Å². The Labute approximate surface area is 70.3 Å². The summed E-state index contributed by atoms with van der Waals surface area (Å²) in [6.07, 6.45) is 4.42. The monoisotopic (exact) mass is 165 g/mol. The maximum absolute atomic E-state index is 2.25. The molecule has 1 nitrogen and oxygen atoms in total. The number of fused-ring (bicyclic) bond motifs is 1. The van der Waals surface area contributed by atoms with Gasteiger partial charge in [0, 0.05) is 23.8 Å². The Morgan fingerprint density at radius 2 is 2.18 bits per heavy atom. The van der Waals surface area contributed by atoms with Crippen LogP contribution in [-0.4, -0.2) is 4.57 Å². The minimum absolute atomic E-state index is 0.578. The molecule has 0 unspecified atom stereocenters. The van der Waals surface area contributed by atoms with Crippen LogP contribution in [0.4, 0.5) is 0 Å². The molecule has 0 aromatic carbocycles. The second-order valence-electron chi connectivity index (χ2n) is 3.04. The molecule has 2 aromatic heterocycles. The average Bonchev–Trinajstić information content (AvgIpc) is 2.40. The van der Waals surface area contributed by atoms with E-state index in [2.05, 4.69) is 42.3 Å². The van der Waals surface area contributed by atoms with Gasteiger partial charge in [-0.2, -0.15) is 0 Å². The lowest BCUT2D eigenvalue weighted by atomic mass is 10.4. The Morgan fingerprint density at radius 1 is 1.36 bits per heavy atom. The van der Waals surface area contributed by atoms with Crippen LogP contribution in [0.3, 0.4) is 0 Å². The summed E-state index contributed by atoms with van der Waals surface area (Å²) in [5.74, 6) is 0. The molecule has 0 aliphatic rings. The van der Waals surface area contributed by atoms with Crippen LogP contribution >= 0.6 is 11.3 Å². The van der Waals surface area contributed by atoms with Crippen molar-refractivity contribution < 1.29 is 0 Å². The van der Waals surface area contributed by atoms with Crippen molar-refractivity contribution in [1.82, 2.24) is 4.57 Å². The minimum Gasteiger partial charge on any atom is -0.350 e. The zero-order chi connectivity index (χ0) is 7.84. The molecule has 0 fully saturated rings. The van der Waals surface area contributed by atoms with E-state index in [1.165, 1.54) is 10.1 Å². The van der Waals surface area contributed by atoms with Crippen LogP contribution < -0.4 is 0 Å². The minimum atomic E-state index is 0.578. The summed E-state index contributed by atoms with van der Waals surface area (Å²) in [4.78, 5) is 0. The average molecular weight is 165 g/mol. The van der Waals surface area contributed by atoms with E-state index >= 15 is 0 Å². The maximum Gasteiger partial charge on any atom is 0.0519 e. The van der Waals surface area contributed by atoms with Crippen molar-refractivity contribution in [2.75, 3.05) is 0 Å². The Kier molecular flexibility index (Phi) is 1.50. The molecule has 0 bridgehead atoms. The fourth-order valence-corrected chi connectivity index (χ4v) is 1.97. The zero-order valence-electron chi connectivity index (χ0n) is 6.74. The molecule has 2 heteroatoms. The predicted molar refractivity (Wildman–Crippen MR) is 50.2 cm³/mol. The molecule has 0 amide bonds. The molecule has 11 heavy (non-hydrogen) atoms. The molecule has 0 aliphatic heterocycles. The van der Waals surface area contributed by atoms with Gasteiger partial charge in [-0.05, 0) is 25.3 Å². The normalized spacial score (nSPS) is 11.5. The number of aromatic nitrogens is 1. The maximum atomic E-state index is 2.25. The second kappa shape index (κ2) is 2.38. The summed E-state index contributed by atoms with van der Waals surface area (Å²) >= 11 is 1.80. The predicted octanol–water partition coefficient (Wildman–Crippen LogP) is 3.28. The third-order valence-corrected chi connectivity index (χ3v) is 2.75. The topological polar surface area (TPSA) is 4.93 Å². The first kappa shape index (κ1) is 6.92. The van der Waals surface area contributed by atoms with Crippen LogP contribution in [0.2, 0.25) is 0 Å². The Bertz CT molecular complexity index is 328. The molecule has 0 spiro atoms. The van der Waals surface area contributed by atoms with E-state index in [1.54, 1.807) is 11.3 Å². The highest BCUT2D eigenvalue weighted by atomic mass is 32.1. The van der Waals surface area contributed by atoms with Crippen molar-refractivity contribution in [3.63, 3.8) is 0 Å². The van der Waals surface area contributed by atoms with E-state index in [0.717, 1.165) is 0 Å². The fourth-order valence-electron chi connectivity index (χ4n) is 1.17. The lowest BCUT2D eigenvalue weighted by molar-refractivity contribution is 0.606. The highest BCUT2D eigenvalue weighted by Gasteiger charge is 2.00. The number of thiophene rings is 1. The lowest BCUT2D eigenvalue weighted by Gasteiger charge is -2.04. The molecular formula is C9H11NS. The SMILES string of the molecule is CC(C)n1cc2ccsc2c1. The number of rotatable bonds is 1. The van der Waals surface area contributed by atoms with Gasteiger partial charge in [0.15, 0.2) is 0 Å². The summed E-state index contributed by atoms with van der Waals surface area (Å²) in [5, 5.41) is 3.50. The van der Waals surface area contributed by atoms with E-state index in [1.807, 2.05) is 0 Å². The summed E-state index contributed by atoms with van der Waals surface area (Å²) in [6.45, 7) is 4.40. The third-order valence-electron chi connectivity index (χ3n) is 1.88. The van der Waals surface area contributed by atoms with E-state index in [-0.39, 0.29) is 0 Å². The van der Waals surface area contributed by atoms with Crippen molar-refractivity contribution in [2.45, 2.75) is 19.9 Å². The Hall–Kier alpha value is -0.760. The standard InChI is InChI=1S/C9H11NS/c1-7(2)10-5-8-3-4-11-9(8)6-10/h3-7H,1-2H3. The van der Waals surface area contributed by atoms with E-state index in [4.69, 9.17) is 0 Å². The van der Waals surface area contributed by atoms with Crippen molar-refractivity contribution >= 4 is 21.4 Å². The molecule has 0 saturated heterocycles.